The zero-order chi connectivity index (χ0) is 9.52. The van der Waals surface area contributed by atoms with E-state index in [1.807, 2.05) is 30.3 Å². The van der Waals surface area contributed by atoms with Crippen LogP contribution < -0.4 is 0 Å². The first kappa shape index (κ1) is 9.19. The van der Waals surface area contributed by atoms with E-state index in [0.29, 0.717) is 0 Å². The second kappa shape index (κ2) is 4.87. The summed E-state index contributed by atoms with van der Waals surface area (Å²) in [5.41, 5.74) is 0.933. The lowest BCUT2D eigenvalue weighted by Gasteiger charge is -1.88. The second-order valence-corrected chi connectivity index (χ2v) is 2.39. The molecule has 0 heterocycles. The first-order chi connectivity index (χ1) is 6.33. The van der Waals surface area contributed by atoms with Gasteiger partial charge < -0.3 is 5.21 Å². The third-order valence-electron chi connectivity index (χ3n) is 1.42. The van der Waals surface area contributed by atoms with Crippen LogP contribution in [0.15, 0.2) is 41.6 Å². The summed E-state index contributed by atoms with van der Waals surface area (Å²) < 4.78 is 0. The molecule has 0 bridgehead atoms. The molecule has 0 amide bonds. The number of hydrogen-bond acceptors (Lipinski definition) is 3. The van der Waals surface area contributed by atoms with Crippen molar-refractivity contribution in [1.82, 2.24) is 0 Å². The van der Waals surface area contributed by atoms with E-state index in [1.54, 1.807) is 6.08 Å². The van der Waals surface area contributed by atoms with E-state index in [1.165, 1.54) is 6.08 Å². The number of hydrogen-bond donors (Lipinski definition) is 1. The Labute approximate surface area is 76.0 Å². The molecule has 0 aliphatic carbocycles. The Kier molecular flexibility index (Phi) is 3.45. The summed E-state index contributed by atoms with van der Waals surface area (Å²) in [6, 6.07) is 9.41. The number of rotatable bonds is 3. The minimum atomic E-state index is -0.341. The minimum Gasteiger partial charge on any atom is -0.411 e. The lowest BCUT2D eigenvalue weighted by Crippen LogP contribution is -1.92. The Balaban J connectivity index is 2.64. The van der Waals surface area contributed by atoms with E-state index < -0.39 is 0 Å². The lowest BCUT2D eigenvalue weighted by atomic mass is 10.2. The molecule has 1 rings (SSSR count). The highest BCUT2D eigenvalue weighted by molar-refractivity contribution is 6.33. The summed E-state index contributed by atoms with van der Waals surface area (Å²) >= 11 is 0. The van der Waals surface area contributed by atoms with Crippen molar-refractivity contribution in [2.45, 2.75) is 0 Å². The topological polar surface area (TPSA) is 49.7 Å². The van der Waals surface area contributed by atoms with Crippen molar-refractivity contribution >= 4 is 18.1 Å². The van der Waals surface area contributed by atoms with Crippen molar-refractivity contribution in [3.63, 3.8) is 0 Å². The largest absolute Gasteiger partial charge is 0.411 e. The molecule has 0 atom stereocenters. The van der Waals surface area contributed by atoms with Gasteiger partial charge in [0.1, 0.15) is 6.21 Å². The van der Waals surface area contributed by atoms with Gasteiger partial charge in [-0.25, -0.2) is 0 Å². The number of carbonyl (C=O) groups excluding carboxylic acids is 1. The molecule has 13 heavy (non-hydrogen) atoms. The molecule has 0 spiro atoms. The third-order valence-corrected chi connectivity index (χ3v) is 1.42. The fourth-order valence-corrected chi connectivity index (χ4v) is 0.842. The molecule has 0 aliphatic heterocycles. The molecule has 66 valence electrons. The highest BCUT2D eigenvalue weighted by Crippen LogP contribution is 2.00. The molecule has 0 aliphatic rings. The molecule has 0 unspecified atom stereocenters. The van der Waals surface area contributed by atoms with Crippen LogP contribution in [0.4, 0.5) is 0 Å². The van der Waals surface area contributed by atoms with E-state index in [-0.39, 0.29) is 5.78 Å². The van der Waals surface area contributed by atoms with E-state index in [0.717, 1.165) is 11.8 Å². The van der Waals surface area contributed by atoms with Crippen LogP contribution in [0.2, 0.25) is 0 Å². The van der Waals surface area contributed by atoms with Gasteiger partial charge in [0.2, 0.25) is 0 Å². The van der Waals surface area contributed by atoms with Gasteiger partial charge in [-0.1, -0.05) is 41.6 Å². The van der Waals surface area contributed by atoms with Gasteiger partial charge in [-0.05, 0) is 11.6 Å². The molecule has 0 radical (unpaired) electrons. The average Bonchev–Trinajstić information content (AvgIpc) is 2.17. The van der Waals surface area contributed by atoms with Crippen LogP contribution in [0.5, 0.6) is 0 Å². The summed E-state index contributed by atoms with van der Waals surface area (Å²) in [5.74, 6) is -0.341. The molecule has 1 N–H and O–H groups in total. The number of oxime groups is 1. The van der Waals surface area contributed by atoms with Crippen molar-refractivity contribution in [3.8, 4) is 0 Å². The van der Waals surface area contributed by atoms with Gasteiger partial charge in [0.25, 0.3) is 0 Å². The van der Waals surface area contributed by atoms with Gasteiger partial charge in [-0.15, -0.1) is 0 Å². The monoisotopic (exact) mass is 175 g/mol. The van der Waals surface area contributed by atoms with Crippen molar-refractivity contribution in [1.29, 1.82) is 0 Å². The van der Waals surface area contributed by atoms with Crippen LogP contribution >= 0.6 is 0 Å². The van der Waals surface area contributed by atoms with Gasteiger partial charge in [0.15, 0.2) is 5.78 Å². The maximum Gasteiger partial charge on any atom is 0.200 e. The van der Waals surface area contributed by atoms with E-state index >= 15 is 0 Å². The summed E-state index contributed by atoms with van der Waals surface area (Å²) in [4.78, 5) is 10.8. The standard InChI is InChI=1S/C10H9NO2/c12-10(8-11-13)7-6-9-4-2-1-3-5-9/h1-8,13H. The van der Waals surface area contributed by atoms with Crippen LogP contribution in [0.3, 0.4) is 0 Å². The van der Waals surface area contributed by atoms with Crippen LogP contribution in [-0.4, -0.2) is 17.2 Å². The number of ketones is 1. The maximum atomic E-state index is 10.8. The van der Waals surface area contributed by atoms with Crippen molar-refractivity contribution in [2.24, 2.45) is 5.16 Å². The van der Waals surface area contributed by atoms with E-state index in [2.05, 4.69) is 5.16 Å². The maximum absolute atomic E-state index is 10.8. The first-order valence-electron chi connectivity index (χ1n) is 3.77. The van der Waals surface area contributed by atoms with Crippen molar-refractivity contribution in [3.05, 3.63) is 42.0 Å². The van der Waals surface area contributed by atoms with Crippen LogP contribution in [-0.2, 0) is 4.79 Å². The molecule has 0 fully saturated rings. The molecular formula is C10H9NO2. The molecule has 3 nitrogen and oxygen atoms in total. The highest BCUT2D eigenvalue weighted by Gasteiger charge is 1.89. The van der Waals surface area contributed by atoms with Crippen molar-refractivity contribution in [2.75, 3.05) is 0 Å². The lowest BCUT2D eigenvalue weighted by molar-refractivity contribution is -0.108. The van der Waals surface area contributed by atoms with Crippen molar-refractivity contribution < 1.29 is 10.0 Å². The predicted octanol–water partition coefficient (Wildman–Crippen LogP) is 1.73. The predicted molar refractivity (Wildman–Crippen MR) is 50.8 cm³/mol. The Morgan fingerprint density at radius 1 is 1.31 bits per heavy atom. The Hall–Kier alpha value is -1.90. The van der Waals surface area contributed by atoms with Crippen LogP contribution in [0.25, 0.3) is 6.08 Å². The van der Waals surface area contributed by atoms with E-state index in [9.17, 15) is 4.79 Å². The Morgan fingerprint density at radius 3 is 2.62 bits per heavy atom. The molecule has 0 saturated heterocycles. The molecule has 1 aromatic rings. The summed E-state index contributed by atoms with van der Waals surface area (Å²) in [6.07, 6.45) is 3.85. The molecule has 0 aromatic heterocycles. The third kappa shape index (κ3) is 3.33. The molecule has 1 aromatic carbocycles. The smallest absolute Gasteiger partial charge is 0.200 e. The summed E-state index contributed by atoms with van der Waals surface area (Å²) in [7, 11) is 0. The molecule has 0 saturated carbocycles. The van der Waals surface area contributed by atoms with Gasteiger partial charge in [-0.2, -0.15) is 0 Å². The van der Waals surface area contributed by atoms with Crippen LogP contribution in [0, 0.1) is 0 Å². The first-order valence-corrected chi connectivity index (χ1v) is 3.77. The zero-order valence-electron chi connectivity index (χ0n) is 6.92. The SMILES string of the molecule is O=C(C=Cc1ccccc1)C=NO. The quantitative estimate of drug-likeness (QED) is 0.329. The second-order valence-electron chi connectivity index (χ2n) is 2.39. The highest BCUT2D eigenvalue weighted by atomic mass is 16.4. The Morgan fingerprint density at radius 2 is 2.00 bits per heavy atom. The fraction of sp³-hybridized carbons (Fsp3) is 0. The summed E-state index contributed by atoms with van der Waals surface area (Å²) in [5, 5.41) is 10.7. The van der Waals surface area contributed by atoms with Gasteiger partial charge >= 0.3 is 0 Å². The minimum absolute atomic E-state index is 0.341. The number of nitrogens with zero attached hydrogens (tertiary/aromatic N) is 1. The number of allylic oxidation sites excluding steroid dienone is 1. The Bertz CT molecular complexity index is 328. The molecule has 3 heteroatoms. The normalized spacial score (nSPS) is 11.1. The van der Waals surface area contributed by atoms with Gasteiger partial charge in [0, 0.05) is 0 Å². The van der Waals surface area contributed by atoms with Crippen LogP contribution in [0.1, 0.15) is 5.56 Å². The molecular weight excluding hydrogens is 166 g/mol. The number of benzene rings is 1. The zero-order valence-corrected chi connectivity index (χ0v) is 6.92. The fourth-order valence-electron chi connectivity index (χ4n) is 0.842. The number of carbonyl (C=O) groups is 1. The van der Waals surface area contributed by atoms with E-state index in [4.69, 9.17) is 5.21 Å². The summed E-state index contributed by atoms with van der Waals surface area (Å²) in [6.45, 7) is 0. The van der Waals surface area contributed by atoms with Gasteiger partial charge in [0.05, 0.1) is 0 Å². The average molecular weight is 175 g/mol. The van der Waals surface area contributed by atoms with Gasteiger partial charge in [-0.3, -0.25) is 4.79 Å².